The second-order valence-corrected chi connectivity index (χ2v) is 5.22. The van der Waals surface area contributed by atoms with Crippen LogP contribution in [-0.2, 0) is 11.2 Å². The number of hydrogen-bond acceptors (Lipinski definition) is 3. The highest BCUT2D eigenvalue weighted by Gasteiger charge is 2.20. The van der Waals surface area contributed by atoms with E-state index in [0.717, 1.165) is 37.3 Å². The van der Waals surface area contributed by atoms with E-state index in [4.69, 9.17) is 5.73 Å². The molecule has 104 valence electrons. The fourth-order valence-electron chi connectivity index (χ4n) is 2.56. The van der Waals surface area contributed by atoms with E-state index in [1.54, 1.807) is 0 Å². The van der Waals surface area contributed by atoms with Crippen molar-refractivity contribution >= 4 is 11.6 Å². The number of nitrogen functional groups attached to an aromatic ring is 1. The Morgan fingerprint density at radius 3 is 2.84 bits per heavy atom. The number of piperidine rings is 1. The first-order valence-corrected chi connectivity index (χ1v) is 7.03. The van der Waals surface area contributed by atoms with Gasteiger partial charge in [0.1, 0.15) is 0 Å². The number of hydrogen-bond donors (Lipinski definition) is 2. The summed E-state index contributed by atoms with van der Waals surface area (Å²) in [6.45, 7) is 5.35. The van der Waals surface area contributed by atoms with E-state index in [9.17, 15) is 4.79 Å². The highest BCUT2D eigenvalue weighted by atomic mass is 16.1. The number of carbonyl (C=O) groups is 1. The number of anilines is 1. The molecule has 0 aromatic heterocycles. The predicted octanol–water partition coefficient (Wildman–Crippen LogP) is 1.41. The fourth-order valence-corrected chi connectivity index (χ4v) is 2.56. The van der Waals surface area contributed by atoms with E-state index < -0.39 is 0 Å². The Labute approximate surface area is 115 Å². The van der Waals surface area contributed by atoms with E-state index >= 15 is 0 Å². The molecule has 1 saturated heterocycles. The maximum absolute atomic E-state index is 12.0. The van der Waals surface area contributed by atoms with Gasteiger partial charge >= 0.3 is 0 Å². The topological polar surface area (TPSA) is 58.4 Å². The molecule has 2 rings (SSSR count). The second-order valence-electron chi connectivity index (χ2n) is 5.22. The molecule has 1 unspecified atom stereocenters. The number of carbonyl (C=O) groups excluding carboxylic acids is 1. The van der Waals surface area contributed by atoms with Crippen LogP contribution in [0.2, 0.25) is 0 Å². The molecule has 1 heterocycles. The predicted molar refractivity (Wildman–Crippen MR) is 77.8 cm³/mol. The molecular weight excluding hydrogens is 238 g/mol. The van der Waals surface area contributed by atoms with Crippen LogP contribution in [-0.4, -0.2) is 36.5 Å². The average molecular weight is 261 g/mol. The van der Waals surface area contributed by atoms with Crippen molar-refractivity contribution < 1.29 is 4.79 Å². The largest absolute Gasteiger partial charge is 0.399 e. The van der Waals surface area contributed by atoms with Gasteiger partial charge in [-0.15, -0.1) is 0 Å². The van der Waals surface area contributed by atoms with E-state index in [1.807, 2.05) is 24.3 Å². The lowest BCUT2D eigenvalue weighted by atomic mass is 10.0. The van der Waals surface area contributed by atoms with Crippen LogP contribution in [0, 0.1) is 0 Å². The summed E-state index contributed by atoms with van der Waals surface area (Å²) in [5, 5.41) is 3.13. The normalized spacial score (nSPS) is 20.2. The molecule has 0 radical (unpaired) electrons. The molecule has 0 bridgehead atoms. The minimum absolute atomic E-state index is 0.104. The van der Waals surface area contributed by atoms with Crippen LogP contribution in [0.1, 0.15) is 25.3 Å². The van der Waals surface area contributed by atoms with Gasteiger partial charge in [0.05, 0.1) is 6.42 Å². The Bertz CT molecular complexity index is 416. The summed E-state index contributed by atoms with van der Waals surface area (Å²) < 4.78 is 0. The number of likely N-dealkylation sites (tertiary alicyclic amines) is 1. The van der Waals surface area contributed by atoms with Gasteiger partial charge in [0, 0.05) is 18.3 Å². The summed E-state index contributed by atoms with van der Waals surface area (Å²) in [6, 6.07) is 7.79. The maximum atomic E-state index is 12.0. The zero-order valence-electron chi connectivity index (χ0n) is 11.6. The van der Waals surface area contributed by atoms with Gasteiger partial charge in [-0.25, -0.2) is 0 Å². The van der Waals surface area contributed by atoms with Crippen LogP contribution in [0.25, 0.3) is 0 Å². The molecular formula is C15H23N3O. The van der Waals surface area contributed by atoms with Crippen molar-refractivity contribution in [3.05, 3.63) is 29.8 Å². The summed E-state index contributed by atoms with van der Waals surface area (Å²) >= 11 is 0. The summed E-state index contributed by atoms with van der Waals surface area (Å²) in [5.74, 6) is 0.104. The Kier molecular flexibility index (Phi) is 4.80. The quantitative estimate of drug-likeness (QED) is 0.806. The van der Waals surface area contributed by atoms with Gasteiger partial charge in [-0.05, 0) is 43.6 Å². The lowest BCUT2D eigenvalue weighted by molar-refractivity contribution is -0.121. The van der Waals surface area contributed by atoms with Gasteiger partial charge < -0.3 is 16.0 Å². The van der Waals surface area contributed by atoms with Crippen molar-refractivity contribution in [1.82, 2.24) is 10.2 Å². The standard InChI is InChI=1S/C15H23N3O/c1-2-18-9-3-4-14(11-18)17-15(19)10-12-5-7-13(16)8-6-12/h5-8,14H,2-4,9-11,16H2,1H3,(H,17,19). The van der Waals surface area contributed by atoms with Crippen LogP contribution >= 0.6 is 0 Å². The molecule has 19 heavy (non-hydrogen) atoms. The Hall–Kier alpha value is -1.55. The van der Waals surface area contributed by atoms with Crippen molar-refractivity contribution in [2.75, 3.05) is 25.4 Å². The zero-order valence-corrected chi connectivity index (χ0v) is 11.6. The first kappa shape index (κ1) is 13.9. The monoisotopic (exact) mass is 261 g/mol. The molecule has 0 spiro atoms. The minimum atomic E-state index is 0.104. The number of nitrogens with two attached hydrogens (primary N) is 1. The minimum Gasteiger partial charge on any atom is -0.399 e. The van der Waals surface area contributed by atoms with Crippen LogP contribution in [0.4, 0.5) is 5.69 Å². The lowest BCUT2D eigenvalue weighted by Gasteiger charge is -2.32. The molecule has 1 aromatic rings. The van der Waals surface area contributed by atoms with Gasteiger partial charge in [-0.3, -0.25) is 4.79 Å². The van der Waals surface area contributed by atoms with Gasteiger partial charge in [0.15, 0.2) is 0 Å². The van der Waals surface area contributed by atoms with Crippen molar-refractivity contribution in [3.63, 3.8) is 0 Å². The molecule has 4 heteroatoms. The molecule has 1 fully saturated rings. The van der Waals surface area contributed by atoms with E-state index in [-0.39, 0.29) is 5.91 Å². The summed E-state index contributed by atoms with van der Waals surface area (Å²) in [4.78, 5) is 14.4. The number of rotatable bonds is 4. The third-order valence-electron chi connectivity index (χ3n) is 3.66. The third-order valence-corrected chi connectivity index (χ3v) is 3.66. The van der Waals surface area contributed by atoms with Gasteiger partial charge in [-0.2, -0.15) is 0 Å². The number of amides is 1. The number of benzene rings is 1. The third kappa shape index (κ3) is 4.24. The lowest BCUT2D eigenvalue weighted by Crippen LogP contribution is -2.47. The smallest absolute Gasteiger partial charge is 0.224 e. The Morgan fingerprint density at radius 2 is 2.16 bits per heavy atom. The van der Waals surface area contributed by atoms with Crippen LogP contribution in [0.5, 0.6) is 0 Å². The molecule has 4 nitrogen and oxygen atoms in total. The number of nitrogens with zero attached hydrogens (tertiary/aromatic N) is 1. The van der Waals surface area contributed by atoms with Crippen molar-refractivity contribution in [2.45, 2.75) is 32.2 Å². The maximum Gasteiger partial charge on any atom is 0.224 e. The molecule has 0 aliphatic carbocycles. The molecule has 1 atom stereocenters. The highest BCUT2D eigenvalue weighted by Crippen LogP contribution is 2.10. The molecule has 3 N–H and O–H groups in total. The van der Waals surface area contributed by atoms with Crippen molar-refractivity contribution in [3.8, 4) is 0 Å². The molecule has 1 aromatic carbocycles. The molecule has 1 amide bonds. The first-order valence-electron chi connectivity index (χ1n) is 7.03. The van der Waals surface area contributed by atoms with Gasteiger partial charge in [0.2, 0.25) is 5.91 Å². The summed E-state index contributed by atoms with van der Waals surface area (Å²) in [5.41, 5.74) is 7.37. The fraction of sp³-hybridized carbons (Fsp3) is 0.533. The molecule has 1 aliphatic rings. The van der Waals surface area contributed by atoms with Gasteiger partial charge in [0.25, 0.3) is 0 Å². The number of nitrogens with one attached hydrogen (secondary N) is 1. The second kappa shape index (κ2) is 6.57. The van der Waals surface area contributed by atoms with Crippen LogP contribution in [0.3, 0.4) is 0 Å². The van der Waals surface area contributed by atoms with E-state index in [2.05, 4.69) is 17.1 Å². The van der Waals surface area contributed by atoms with Gasteiger partial charge in [-0.1, -0.05) is 19.1 Å². The summed E-state index contributed by atoms with van der Waals surface area (Å²) in [6.07, 6.45) is 2.69. The SMILES string of the molecule is CCN1CCCC(NC(=O)Cc2ccc(N)cc2)C1. The summed E-state index contributed by atoms with van der Waals surface area (Å²) in [7, 11) is 0. The highest BCUT2D eigenvalue weighted by molar-refractivity contribution is 5.79. The Balaban J connectivity index is 1.82. The van der Waals surface area contributed by atoms with E-state index in [0.29, 0.717) is 12.5 Å². The van der Waals surface area contributed by atoms with Crippen molar-refractivity contribution in [2.24, 2.45) is 0 Å². The average Bonchev–Trinajstić information content (AvgIpc) is 2.41. The van der Waals surface area contributed by atoms with Crippen LogP contribution in [0.15, 0.2) is 24.3 Å². The Morgan fingerprint density at radius 1 is 1.42 bits per heavy atom. The zero-order chi connectivity index (χ0) is 13.7. The van der Waals surface area contributed by atoms with Crippen LogP contribution < -0.4 is 11.1 Å². The molecule has 0 saturated carbocycles. The van der Waals surface area contributed by atoms with Crippen molar-refractivity contribution in [1.29, 1.82) is 0 Å². The molecule has 1 aliphatic heterocycles. The number of likely N-dealkylation sites (N-methyl/N-ethyl adjacent to an activating group) is 1. The first-order chi connectivity index (χ1) is 9.17. The van der Waals surface area contributed by atoms with E-state index in [1.165, 1.54) is 6.42 Å².